The molecule has 0 aliphatic carbocycles. The van der Waals surface area contributed by atoms with Crippen LogP contribution in [0.3, 0.4) is 0 Å². The summed E-state index contributed by atoms with van der Waals surface area (Å²) in [6.07, 6.45) is 0. The van der Waals surface area contributed by atoms with E-state index in [1.54, 1.807) is 13.2 Å². The fourth-order valence-corrected chi connectivity index (χ4v) is 1.98. The van der Waals surface area contributed by atoms with Crippen LogP contribution in [0.4, 0.5) is 4.39 Å². The average molecular weight is 281 g/mol. The zero-order valence-electron chi connectivity index (χ0n) is 10.5. The van der Waals surface area contributed by atoms with Crippen molar-refractivity contribution in [2.75, 3.05) is 7.11 Å². The second-order valence-corrected chi connectivity index (χ2v) is 4.25. The minimum absolute atomic E-state index is 0.207. The lowest BCUT2D eigenvalue weighted by molar-refractivity contribution is 0.294. The molecule has 0 aliphatic rings. The van der Waals surface area contributed by atoms with E-state index in [0.29, 0.717) is 17.9 Å². The lowest BCUT2D eigenvalue weighted by atomic mass is 10.2. The summed E-state index contributed by atoms with van der Waals surface area (Å²) in [6, 6.07) is 11.9. The first-order valence-corrected chi connectivity index (χ1v) is 6.37. The molecule has 19 heavy (non-hydrogen) atoms. The van der Waals surface area contributed by atoms with E-state index in [0.717, 1.165) is 11.3 Å². The van der Waals surface area contributed by atoms with Gasteiger partial charge in [-0.15, -0.1) is 11.6 Å². The molecule has 2 aromatic carbocycles. The van der Waals surface area contributed by atoms with Gasteiger partial charge in [0.15, 0.2) is 0 Å². The molecule has 0 aliphatic heterocycles. The Bertz CT molecular complexity index is 558. The monoisotopic (exact) mass is 280 g/mol. The molecular formula is C15H14ClFO2. The highest BCUT2D eigenvalue weighted by Gasteiger charge is 2.07. The minimum atomic E-state index is -0.319. The molecule has 100 valence electrons. The van der Waals surface area contributed by atoms with Crippen LogP contribution in [0.1, 0.15) is 11.1 Å². The fraction of sp³-hybridized carbons (Fsp3) is 0.200. The number of alkyl halides is 1. The van der Waals surface area contributed by atoms with Gasteiger partial charge >= 0.3 is 0 Å². The number of benzene rings is 2. The van der Waals surface area contributed by atoms with E-state index in [1.807, 2.05) is 24.3 Å². The van der Waals surface area contributed by atoms with Crippen LogP contribution in [-0.2, 0) is 12.5 Å². The molecule has 0 saturated heterocycles. The maximum atomic E-state index is 13.1. The quantitative estimate of drug-likeness (QED) is 0.766. The SMILES string of the molecule is COc1ccccc1COc1ccc(F)cc1CCl. The highest BCUT2D eigenvalue weighted by molar-refractivity contribution is 6.17. The van der Waals surface area contributed by atoms with Gasteiger partial charge in [0.2, 0.25) is 0 Å². The Morgan fingerprint density at radius 2 is 1.84 bits per heavy atom. The van der Waals surface area contributed by atoms with Crippen molar-refractivity contribution in [3.63, 3.8) is 0 Å². The van der Waals surface area contributed by atoms with Gasteiger partial charge in [-0.25, -0.2) is 4.39 Å². The highest BCUT2D eigenvalue weighted by Crippen LogP contribution is 2.24. The van der Waals surface area contributed by atoms with Gasteiger partial charge in [-0.2, -0.15) is 0 Å². The molecule has 0 atom stereocenters. The predicted octanol–water partition coefficient (Wildman–Crippen LogP) is 4.15. The first-order chi connectivity index (χ1) is 9.24. The number of ether oxygens (including phenoxy) is 2. The molecule has 0 unspecified atom stereocenters. The Kier molecular flexibility index (Phi) is 4.63. The van der Waals surface area contributed by atoms with E-state index in [9.17, 15) is 4.39 Å². The Labute approximate surface area is 116 Å². The summed E-state index contributed by atoms with van der Waals surface area (Å²) >= 11 is 5.77. The lowest BCUT2D eigenvalue weighted by Crippen LogP contribution is -2.00. The van der Waals surface area contributed by atoms with Crippen molar-refractivity contribution in [1.29, 1.82) is 0 Å². The molecule has 0 amide bonds. The van der Waals surface area contributed by atoms with Crippen LogP contribution in [0.5, 0.6) is 11.5 Å². The maximum Gasteiger partial charge on any atom is 0.125 e. The summed E-state index contributed by atoms with van der Waals surface area (Å²) in [4.78, 5) is 0. The van der Waals surface area contributed by atoms with Crippen LogP contribution in [0.25, 0.3) is 0 Å². The zero-order valence-corrected chi connectivity index (χ0v) is 11.3. The molecule has 0 heterocycles. The molecule has 0 fully saturated rings. The number of hydrogen-bond acceptors (Lipinski definition) is 2. The fourth-order valence-electron chi connectivity index (χ4n) is 1.77. The van der Waals surface area contributed by atoms with Gasteiger partial charge in [0, 0.05) is 11.1 Å². The Morgan fingerprint density at radius 1 is 1.05 bits per heavy atom. The van der Waals surface area contributed by atoms with Gasteiger partial charge < -0.3 is 9.47 Å². The summed E-state index contributed by atoms with van der Waals surface area (Å²) in [5, 5.41) is 0. The number of para-hydroxylation sites is 1. The van der Waals surface area contributed by atoms with Crippen molar-refractivity contribution >= 4 is 11.6 Å². The van der Waals surface area contributed by atoms with E-state index >= 15 is 0 Å². The number of methoxy groups -OCH3 is 1. The van der Waals surface area contributed by atoms with Gasteiger partial charge in [-0.1, -0.05) is 18.2 Å². The smallest absolute Gasteiger partial charge is 0.125 e. The van der Waals surface area contributed by atoms with Crippen LogP contribution in [0.15, 0.2) is 42.5 Å². The molecule has 0 aromatic heterocycles. The van der Waals surface area contributed by atoms with Crippen LogP contribution in [0, 0.1) is 5.82 Å². The Morgan fingerprint density at radius 3 is 2.58 bits per heavy atom. The highest BCUT2D eigenvalue weighted by atomic mass is 35.5. The van der Waals surface area contributed by atoms with Crippen molar-refractivity contribution < 1.29 is 13.9 Å². The summed E-state index contributed by atoms with van der Waals surface area (Å²) in [7, 11) is 1.61. The van der Waals surface area contributed by atoms with E-state index in [2.05, 4.69) is 0 Å². The van der Waals surface area contributed by atoms with Crippen LogP contribution in [0.2, 0.25) is 0 Å². The molecule has 2 aromatic rings. The predicted molar refractivity (Wildman–Crippen MR) is 73.3 cm³/mol. The van der Waals surface area contributed by atoms with Crippen LogP contribution in [-0.4, -0.2) is 7.11 Å². The Hall–Kier alpha value is -1.74. The number of rotatable bonds is 5. The van der Waals surface area contributed by atoms with Crippen molar-refractivity contribution in [2.24, 2.45) is 0 Å². The van der Waals surface area contributed by atoms with Crippen molar-refractivity contribution in [3.05, 3.63) is 59.4 Å². The molecule has 2 rings (SSSR count). The maximum absolute atomic E-state index is 13.1. The first kappa shape index (κ1) is 13.7. The van der Waals surface area contributed by atoms with Crippen LogP contribution < -0.4 is 9.47 Å². The summed E-state index contributed by atoms with van der Waals surface area (Å²) in [5.41, 5.74) is 1.56. The second kappa shape index (κ2) is 6.43. The molecule has 0 radical (unpaired) electrons. The molecular weight excluding hydrogens is 267 g/mol. The molecule has 0 bridgehead atoms. The Balaban J connectivity index is 2.14. The van der Waals surface area contributed by atoms with E-state index in [-0.39, 0.29) is 11.7 Å². The minimum Gasteiger partial charge on any atom is -0.496 e. The molecule has 4 heteroatoms. The normalized spacial score (nSPS) is 10.3. The first-order valence-electron chi connectivity index (χ1n) is 5.83. The average Bonchev–Trinajstić information content (AvgIpc) is 2.46. The van der Waals surface area contributed by atoms with Gasteiger partial charge in [0.1, 0.15) is 23.9 Å². The van der Waals surface area contributed by atoms with Gasteiger partial charge in [-0.05, 0) is 24.3 Å². The third-order valence-corrected chi connectivity index (χ3v) is 3.03. The van der Waals surface area contributed by atoms with Crippen molar-refractivity contribution in [1.82, 2.24) is 0 Å². The van der Waals surface area contributed by atoms with E-state index < -0.39 is 0 Å². The zero-order chi connectivity index (χ0) is 13.7. The second-order valence-electron chi connectivity index (χ2n) is 3.99. The lowest BCUT2D eigenvalue weighted by Gasteiger charge is -2.12. The summed E-state index contributed by atoms with van der Waals surface area (Å²) in [5.74, 6) is 1.23. The van der Waals surface area contributed by atoms with Crippen molar-refractivity contribution in [3.8, 4) is 11.5 Å². The number of halogens is 2. The largest absolute Gasteiger partial charge is 0.496 e. The van der Waals surface area contributed by atoms with Gasteiger partial charge in [-0.3, -0.25) is 0 Å². The van der Waals surface area contributed by atoms with E-state index in [1.165, 1.54) is 12.1 Å². The standard InChI is InChI=1S/C15H14ClFO2/c1-18-14-5-3-2-4-11(14)10-19-15-7-6-13(17)8-12(15)9-16/h2-8H,9-10H2,1H3. The van der Waals surface area contributed by atoms with Crippen LogP contribution >= 0.6 is 11.6 Å². The van der Waals surface area contributed by atoms with Gasteiger partial charge in [0.25, 0.3) is 0 Å². The van der Waals surface area contributed by atoms with Crippen molar-refractivity contribution in [2.45, 2.75) is 12.5 Å². The topological polar surface area (TPSA) is 18.5 Å². The number of hydrogen-bond donors (Lipinski definition) is 0. The molecule has 0 N–H and O–H groups in total. The van der Waals surface area contributed by atoms with E-state index in [4.69, 9.17) is 21.1 Å². The van der Waals surface area contributed by atoms with Gasteiger partial charge in [0.05, 0.1) is 13.0 Å². The summed E-state index contributed by atoms with van der Waals surface area (Å²) < 4.78 is 24.0. The third kappa shape index (κ3) is 3.38. The third-order valence-electron chi connectivity index (χ3n) is 2.74. The molecule has 2 nitrogen and oxygen atoms in total. The molecule has 0 saturated carbocycles. The molecule has 0 spiro atoms. The summed E-state index contributed by atoms with van der Waals surface area (Å²) in [6.45, 7) is 0.347.